The zero-order chi connectivity index (χ0) is 48.2. The molecule has 0 radical (unpaired) electrons. The predicted octanol–water partition coefficient (Wildman–Crippen LogP) is 10.7. The number of nitrogens with zero attached hydrogens (tertiary/aromatic N) is 3. The number of rotatable bonds is 18. The van der Waals surface area contributed by atoms with Crippen LogP contribution in [0.25, 0.3) is 0 Å². The van der Waals surface area contributed by atoms with Gasteiger partial charge in [-0.05, 0) is 140 Å². The Balaban J connectivity index is 0.000000359. The van der Waals surface area contributed by atoms with Crippen LogP contribution in [0.4, 0.5) is 0 Å². The summed E-state index contributed by atoms with van der Waals surface area (Å²) in [5.41, 5.74) is 1.88. The molecule has 2 aromatic carbocycles. The Morgan fingerprint density at radius 3 is 1.54 bits per heavy atom. The molecule has 4 aliphatic heterocycles. The van der Waals surface area contributed by atoms with Crippen LogP contribution in [0.15, 0.2) is 72.8 Å². The average molecular weight is 954 g/mol. The summed E-state index contributed by atoms with van der Waals surface area (Å²) in [7, 11) is 0. The number of amides is 5. The van der Waals surface area contributed by atoms with E-state index in [0.717, 1.165) is 122 Å². The lowest BCUT2D eigenvalue weighted by Crippen LogP contribution is -2.61. The second-order valence-corrected chi connectivity index (χ2v) is 20.1. The van der Waals surface area contributed by atoms with E-state index >= 15 is 0 Å². The first-order chi connectivity index (χ1) is 32.4. The SMILES string of the molecule is C.C.C/C=C\C1CCCC(C(=O)NCCCCc2ccccc2)N1C(=O)C(=O)C(C)(C)CC.CCCC1CCCC(C(=O)NCCCCc2ccccc2)N1C(=O)C(=O)N1C2CCCCC1CCC2. The summed E-state index contributed by atoms with van der Waals surface area (Å²) < 4.78 is 0. The molecule has 4 aliphatic rings. The molecule has 0 spiro atoms. The van der Waals surface area contributed by atoms with E-state index in [9.17, 15) is 28.8 Å². The quantitative estimate of drug-likeness (QED) is 0.0868. The number of unbranched alkanes of at least 4 members (excludes halogenated alkanes) is 2. The average Bonchev–Trinajstić information content (AvgIpc) is 3.46. The van der Waals surface area contributed by atoms with E-state index < -0.39 is 35.1 Å². The fourth-order valence-corrected chi connectivity index (χ4v) is 10.7. The van der Waals surface area contributed by atoms with Crippen molar-refractivity contribution in [3.05, 3.63) is 83.9 Å². The maximum Gasteiger partial charge on any atom is 0.313 e. The molecule has 0 aliphatic carbocycles. The van der Waals surface area contributed by atoms with Gasteiger partial charge in [0.1, 0.15) is 12.1 Å². The Morgan fingerprint density at radius 2 is 1.04 bits per heavy atom. The molecule has 384 valence electrons. The molecule has 0 aromatic heterocycles. The highest BCUT2D eigenvalue weighted by Gasteiger charge is 2.46. The minimum atomic E-state index is -0.729. The number of Topliss-reactive ketones (excluding diaryl/α,β-unsaturated/α-hetero) is 1. The Morgan fingerprint density at radius 1 is 0.580 bits per heavy atom. The molecule has 2 bridgehead atoms. The topological polar surface area (TPSA) is 136 Å². The second kappa shape index (κ2) is 30.1. The van der Waals surface area contributed by atoms with Crippen LogP contribution in [-0.2, 0) is 41.6 Å². The lowest BCUT2D eigenvalue weighted by atomic mass is 9.83. The molecule has 11 heteroatoms. The number of carbonyl (C=O) groups is 6. The number of fused-ring (bicyclic) bond motifs is 2. The summed E-state index contributed by atoms with van der Waals surface area (Å²) in [6.45, 7) is 10.7. The number of hydrogen-bond donors (Lipinski definition) is 2. The van der Waals surface area contributed by atoms with E-state index in [1.54, 1.807) is 23.6 Å². The van der Waals surface area contributed by atoms with Crippen LogP contribution < -0.4 is 10.6 Å². The molecular weight excluding hydrogens is 863 g/mol. The minimum Gasteiger partial charge on any atom is -0.354 e. The maximum absolute atomic E-state index is 13.8. The smallest absolute Gasteiger partial charge is 0.313 e. The number of carbonyl (C=O) groups excluding carboxylic acids is 6. The van der Waals surface area contributed by atoms with Crippen molar-refractivity contribution in [3.63, 3.8) is 0 Å². The monoisotopic (exact) mass is 954 g/mol. The fourth-order valence-electron chi connectivity index (χ4n) is 10.7. The van der Waals surface area contributed by atoms with Gasteiger partial charge in [0.05, 0.1) is 6.04 Å². The third-order valence-electron chi connectivity index (χ3n) is 14.9. The normalized spacial score (nSPS) is 22.4. The lowest BCUT2D eigenvalue weighted by Gasteiger charge is -2.44. The Kier molecular flexibility index (Phi) is 25.5. The minimum absolute atomic E-state index is 0. The first kappa shape index (κ1) is 58.5. The molecule has 4 heterocycles. The van der Waals surface area contributed by atoms with Crippen LogP contribution in [0.2, 0.25) is 0 Å². The van der Waals surface area contributed by atoms with Crippen molar-refractivity contribution < 1.29 is 28.8 Å². The number of ketones is 1. The van der Waals surface area contributed by atoms with Crippen molar-refractivity contribution in [1.82, 2.24) is 25.3 Å². The first-order valence-electron chi connectivity index (χ1n) is 26.2. The number of benzene rings is 2. The van der Waals surface area contributed by atoms with Crippen LogP contribution in [0.1, 0.15) is 189 Å². The Bertz CT molecular complexity index is 1900. The molecule has 4 fully saturated rings. The Labute approximate surface area is 417 Å². The number of allylic oxidation sites excluding steroid dienone is 1. The summed E-state index contributed by atoms with van der Waals surface area (Å²) in [6.07, 6.45) is 24.0. The largest absolute Gasteiger partial charge is 0.354 e. The third kappa shape index (κ3) is 16.7. The first-order valence-corrected chi connectivity index (χ1v) is 26.2. The van der Waals surface area contributed by atoms with Crippen LogP contribution in [-0.4, -0.2) is 99.4 Å². The maximum atomic E-state index is 13.8. The molecule has 6 atom stereocenters. The number of hydrogen-bond acceptors (Lipinski definition) is 6. The highest BCUT2D eigenvalue weighted by atomic mass is 16.2. The second-order valence-electron chi connectivity index (χ2n) is 20.1. The summed E-state index contributed by atoms with van der Waals surface area (Å²) in [4.78, 5) is 85.1. The molecule has 2 N–H and O–H groups in total. The van der Waals surface area contributed by atoms with Gasteiger partial charge in [0.15, 0.2) is 0 Å². The van der Waals surface area contributed by atoms with E-state index in [1.807, 2.05) is 55.2 Å². The Hall–Kier alpha value is -4.80. The summed E-state index contributed by atoms with van der Waals surface area (Å²) >= 11 is 0. The molecule has 0 saturated carbocycles. The van der Waals surface area contributed by atoms with Gasteiger partial charge in [-0.1, -0.05) is 135 Å². The van der Waals surface area contributed by atoms with Gasteiger partial charge in [-0.2, -0.15) is 0 Å². The third-order valence-corrected chi connectivity index (χ3v) is 14.9. The van der Waals surface area contributed by atoms with E-state index in [2.05, 4.69) is 54.0 Å². The van der Waals surface area contributed by atoms with Crippen molar-refractivity contribution in [2.75, 3.05) is 13.1 Å². The number of piperidine rings is 3. The van der Waals surface area contributed by atoms with Gasteiger partial charge in [-0.25, -0.2) is 0 Å². The molecule has 6 unspecified atom stereocenters. The zero-order valence-electron chi connectivity index (χ0n) is 41.7. The van der Waals surface area contributed by atoms with Gasteiger partial charge in [-0.3, -0.25) is 28.8 Å². The molecule has 5 amide bonds. The van der Waals surface area contributed by atoms with Gasteiger partial charge in [0.25, 0.3) is 5.91 Å². The number of aryl methyl sites for hydroxylation is 2. The number of likely N-dealkylation sites (tertiary alicyclic amines) is 2. The van der Waals surface area contributed by atoms with Crippen molar-refractivity contribution in [2.24, 2.45) is 5.41 Å². The summed E-state index contributed by atoms with van der Waals surface area (Å²) in [5.74, 6) is -1.96. The van der Waals surface area contributed by atoms with Gasteiger partial charge >= 0.3 is 11.8 Å². The lowest BCUT2D eigenvalue weighted by molar-refractivity contribution is -0.162. The van der Waals surface area contributed by atoms with Crippen LogP contribution in [0.5, 0.6) is 0 Å². The number of nitrogens with one attached hydrogen (secondary N) is 2. The van der Waals surface area contributed by atoms with E-state index in [-0.39, 0.29) is 56.7 Å². The van der Waals surface area contributed by atoms with E-state index in [1.165, 1.54) is 11.1 Å². The van der Waals surface area contributed by atoms with Crippen LogP contribution in [0, 0.1) is 5.41 Å². The standard InChI is InChI=1S/C30H45N3O3.C26H38N2O3.2CH4/c1-2-12-24-20-11-21-27(28(34)31-22-9-8-15-23-13-4-3-5-14-23)33(24)30(36)29(35)32-25-16-6-7-17-26(32)19-10-18-25;1-5-13-21-17-12-18-22(28(21)25(31)23(29)26(3,4)6-2)24(30)27-19-11-10-16-20-14-8-7-9-15-20;;/h3-5,13-14,24-27H,2,6-12,15-22H2,1H3,(H,31,34);5,7-9,13-15,21-22H,6,10-12,16-19H2,1-4H3,(H,27,30);2*1H4/b;13-5-;;. The van der Waals surface area contributed by atoms with Crippen molar-refractivity contribution in [2.45, 2.75) is 227 Å². The van der Waals surface area contributed by atoms with Crippen molar-refractivity contribution in [1.29, 1.82) is 0 Å². The molecule has 11 nitrogen and oxygen atoms in total. The van der Waals surface area contributed by atoms with Gasteiger partial charge in [0.2, 0.25) is 17.6 Å². The molecular formula is C58H91N5O6. The zero-order valence-corrected chi connectivity index (χ0v) is 41.7. The van der Waals surface area contributed by atoms with Crippen LogP contribution in [0.3, 0.4) is 0 Å². The van der Waals surface area contributed by atoms with Gasteiger partial charge in [0, 0.05) is 36.6 Å². The summed E-state index contributed by atoms with van der Waals surface area (Å²) in [6, 6.07) is 19.7. The molecule has 6 rings (SSSR count). The highest BCUT2D eigenvalue weighted by molar-refractivity contribution is 6.38. The van der Waals surface area contributed by atoms with Gasteiger partial charge in [-0.15, -0.1) is 0 Å². The van der Waals surface area contributed by atoms with Crippen molar-refractivity contribution in [3.8, 4) is 0 Å². The summed E-state index contributed by atoms with van der Waals surface area (Å²) in [5, 5.41) is 6.11. The molecule has 69 heavy (non-hydrogen) atoms. The van der Waals surface area contributed by atoms with Gasteiger partial charge < -0.3 is 25.3 Å². The molecule has 4 saturated heterocycles. The highest BCUT2D eigenvalue weighted by Crippen LogP contribution is 2.35. The molecule has 2 aromatic rings. The van der Waals surface area contributed by atoms with E-state index in [4.69, 9.17) is 0 Å². The van der Waals surface area contributed by atoms with E-state index in [0.29, 0.717) is 32.4 Å². The fraction of sp³-hybridized carbons (Fsp3) is 0.655. The predicted molar refractivity (Wildman–Crippen MR) is 280 cm³/mol. The van der Waals surface area contributed by atoms with Crippen molar-refractivity contribution >= 4 is 35.3 Å². The van der Waals surface area contributed by atoms with Crippen LogP contribution >= 0.6 is 0 Å².